The first-order chi connectivity index (χ1) is 10.3. The normalized spacial score (nSPS) is 19.4. The number of likely N-dealkylation sites (tertiary alicyclic amines) is 1. The number of aliphatic hydroxyl groups excluding tert-OH is 1. The molecule has 1 saturated heterocycles. The largest absolute Gasteiger partial charge is 0.490 e. The van der Waals surface area contributed by atoms with Gasteiger partial charge in [-0.3, -0.25) is 4.98 Å². The fourth-order valence-corrected chi connectivity index (χ4v) is 2.58. The van der Waals surface area contributed by atoms with Crippen LogP contribution in [0.15, 0.2) is 24.5 Å². The molecule has 1 fully saturated rings. The molecule has 2 rings (SSSR count). The molecule has 1 atom stereocenters. The molecule has 0 spiro atoms. The van der Waals surface area contributed by atoms with Crippen molar-refractivity contribution < 1.29 is 9.84 Å². The summed E-state index contributed by atoms with van der Waals surface area (Å²) in [5.41, 5.74) is 1.07. The van der Waals surface area contributed by atoms with Crippen LogP contribution in [0.1, 0.15) is 37.7 Å². The maximum absolute atomic E-state index is 8.73. The lowest BCUT2D eigenvalue weighted by molar-refractivity contribution is 0.198. The highest BCUT2D eigenvalue weighted by Gasteiger charge is 2.21. The van der Waals surface area contributed by atoms with Gasteiger partial charge in [-0.25, -0.2) is 0 Å². The van der Waals surface area contributed by atoms with Crippen LogP contribution in [0.4, 0.5) is 0 Å². The van der Waals surface area contributed by atoms with E-state index in [0.717, 1.165) is 37.2 Å². The Morgan fingerprint density at radius 2 is 2.33 bits per heavy atom. The Hall–Kier alpha value is -1.39. The molecule has 2 heterocycles. The van der Waals surface area contributed by atoms with Gasteiger partial charge in [0.05, 0.1) is 6.20 Å². The molecule has 1 aromatic heterocycles. The molecule has 0 radical (unpaired) electrons. The van der Waals surface area contributed by atoms with Crippen LogP contribution >= 0.6 is 0 Å². The van der Waals surface area contributed by atoms with Crippen molar-refractivity contribution in [1.29, 1.82) is 0 Å². The van der Waals surface area contributed by atoms with E-state index in [9.17, 15) is 0 Å². The molecule has 1 N–H and O–H groups in total. The van der Waals surface area contributed by atoms with E-state index in [1.165, 1.54) is 19.4 Å². The monoisotopic (exact) mass is 290 g/mol. The molecule has 116 valence electrons. The molecule has 0 aliphatic carbocycles. The first-order valence-electron chi connectivity index (χ1n) is 7.85. The second kappa shape index (κ2) is 8.80. The second-order valence-electron chi connectivity index (χ2n) is 5.66. The summed E-state index contributed by atoms with van der Waals surface area (Å²) in [6, 6.07) is 2.56. The summed E-state index contributed by atoms with van der Waals surface area (Å²) in [7, 11) is 2.16. The maximum Gasteiger partial charge on any atom is 0.138 e. The van der Waals surface area contributed by atoms with Crippen LogP contribution in [0.2, 0.25) is 0 Å². The van der Waals surface area contributed by atoms with Crippen LogP contribution in [0.25, 0.3) is 6.08 Å². The van der Waals surface area contributed by atoms with Gasteiger partial charge >= 0.3 is 0 Å². The predicted molar refractivity (Wildman–Crippen MR) is 85.4 cm³/mol. The Morgan fingerprint density at radius 1 is 1.43 bits per heavy atom. The van der Waals surface area contributed by atoms with Crippen LogP contribution in [0.5, 0.6) is 5.75 Å². The Kier molecular flexibility index (Phi) is 6.70. The van der Waals surface area contributed by atoms with Gasteiger partial charge in [-0.15, -0.1) is 0 Å². The van der Waals surface area contributed by atoms with Crippen LogP contribution in [-0.4, -0.2) is 47.8 Å². The zero-order chi connectivity index (χ0) is 14.9. The van der Waals surface area contributed by atoms with Gasteiger partial charge < -0.3 is 14.7 Å². The molecule has 0 unspecified atom stereocenters. The number of nitrogens with zero attached hydrogens (tertiary/aromatic N) is 2. The smallest absolute Gasteiger partial charge is 0.138 e. The number of ether oxygens (including phenoxy) is 1. The topological polar surface area (TPSA) is 45.6 Å². The minimum atomic E-state index is 0.272. The van der Waals surface area contributed by atoms with E-state index in [2.05, 4.69) is 29.1 Å². The number of aromatic nitrogens is 1. The number of rotatable bonds is 8. The zero-order valence-electron chi connectivity index (χ0n) is 12.9. The molecular formula is C17H26N2O2. The van der Waals surface area contributed by atoms with E-state index in [0.29, 0.717) is 6.04 Å². The Balaban J connectivity index is 1.80. The van der Waals surface area contributed by atoms with Crippen LogP contribution in [-0.2, 0) is 0 Å². The van der Waals surface area contributed by atoms with Crippen molar-refractivity contribution in [1.82, 2.24) is 9.88 Å². The summed E-state index contributed by atoms with van der Waals surface area (Å²) in [6.07, 6.45) is 13.2. The number of unbranched alkanes of at least 4 members (excludes halogenated alkanes) is 2. The lowest BCUT2D eigenvalue weighted by Gasteiger charge is -2.19. The molecule has 1 aliphatic rings. The van der Waals surface area contributed by atoms with Gasteiger partial charge in [0.25, 0.3) is 0 Å². The predicted octanol–water partition coefficient (Wildman–Crippen LogP) is 2.73. The van der Waals surface area contributed by atoms with Crippen molar-refractivity contribution in [2.75, 3.05) is 26.8 Å². The van der Waals surface area contributed by atoms with E-state index in [-0.39, 0.29) is 6.61 Å². The molecule has 1 aromatic rings. The van der Waals surface area contributed by atoms with Crippen molar-refractivity contribution >= 4 is 6.08 Å². The van der Waals surface area contributed by atoms with Crippen molar-refractivity contribution in [3.05, 3.63) is 30.1 Å². The average Bonchev–Trinajstić information content (AvgIpc) is 2.91. The molecule has 0 aromatic carbocycles. The van der Waals surface area contributed by atoms with E-state index in [1.807, 2.05) is 12.3 Å². The number of likely N-dealkylation sites (N-methyl/N-ethyl adjacent to an activating group) is 1. The summed E-state index contributed by atoms with van der Waals surface area (Å²) in [5, 5.41) is 8.73. The minimum Gasteiger partial charge on any atom is -0.490 e. The summed E-state index contributed by atoms with van der Waals surface area (Å²) in [6.45, 7) is 2.18. The Morgan fingerprint density at radius 3 is 3.10 bits per heavy atom. The van der Waals surface area contributed by atoms with Gasteiger partial charge in [-0.05, 0) is 57.3 Å². The fourth-order valence-electron chi connectivity index (χ4n) is 2.58. The van der Waals surface area contributed by atoms with Gasteiger partial charge in [0, 0.05) is 18.8 Å². The molecule has 4 nitrogen and oxygen atoms in total. The average molecular weight is 290 g/mol. The van der Waals surface area contributed by atoms with Gasteiger partial charge in [0.15, 0.2) is 0 Å². The first kappa shape index (κ1) is 16.0. The van der Waals surface area contributed by atoms with Crippen molar-refractivity contribution in [2.24, 2.45) is 0 Å². The van der Waals surface area contributed by atoms with Crippen LogP contribution in [0, 0.1) is 0 Å². The molecule has 0 bridgehead atoms. The number of aliphatic hydroxyl groups is 1. The highest BCUT2D eigenvalue weighted by molar-refractivity contribution is 5.49. The summed E-state index contributed by atoms with van der Waals surface area (Å²) < 4.78 is 5.87. The molecule has 0 amide bonds. The third kappa shape index (κ3) is 5.48. The summed E-state index contributed by atoms with van der Waals surface area (Å²) in [4.78, 5) is 6.59. The minimum absolute atomic E-state index is 0.272. The molecule has 21 heavy (non-hydrogen) atoms. The van der Waals surface area contributed by atoms with E-state index in [1.54, 1.807) is 6.20 Å². The first-order valence-corrected chi connectivity index (χ1v) is 7.85. The van der Waals surface area contributed by atoms with Crippen molar-refractivity contribution in [2.45, 2.75) is 38.1 Å². The van der Waals surface area contributed by atoms with E-state index < -0.39 is 0 Å². The third-order valence-corrected chi connectivity index (χ3v) is 3.94. The van der Waals surface area contributed by atoms with Crippen LogP contribution in [0.3, 0.4) is 0 Å². The molecular weight excluding hydrogens is 264 g/mol. The number of hydrogen-bond acceptors (Lipinski definition) is 4. The van der Waals surface area contributed by atoms with E-state index in [4.69, 9.17) is 9.84 Å². The van der Waals surface area contributed by atoms with Gasteiger partial charge in [-0.1, -0.05) is 12.2 Å². The van der Waals surface area contributed by atoms with Gasteiger partial charge in [-0.2, -0.15) is 0 Å². The standard InChI is InChI=1S/C17H26N2O2/c1-19-9-6-8-16(19)14-21-17-11-15(12-18-13-17)7-4-2-3-5-10-20/h4,7,11-13,16,20H,2-3,5-6,8-10,14H2,1H3/t16-/m0/s1. The highest BCUT2D eigenvalue weighted by atomic mass is 16.5. The van der Waals surface area contributed by atoms with Crippen LogP contribution < -0.4 is 4.74 Å². The molecule has 0 saturated carbocycles. The lowest BCUT2D eigenvalue weighted by atomic mass is 10.2. The SMILES string of the molecule is CN1CCC[C@H]1COc1cncc(C=CCCCCO)c1. The van der Waals surface area contributed by atoms with E-state index >= 15 is 0 Å². The third-order valence-electron chi connectivity index (χ3n) is 3.94. The number of hydrogen-bond donors (Lipinski definition) is 1. The Labute approximate surface area is 127 Å². The van der Waals surface area contributed by atoms with Gasteiger partial charge in [0.2, 0.25) is 0 Å². The summed E-state index contributed by atoms with van der Waals surface area (Å²) in [5.74, 6) is 0.841. The molecule has 1 aliphatic heterocycles. The lowest BCUT2D eigenvalue weighted by Crippen LogP contribution is -2.30. The number of allylic oxidation sites excluding steroid dienone is 1. The number of pyridine rings is 1. The van der Waals surface area contributed by atoms with Crippen molar-refractivity contribution in [3.8, 4) is 5.75 Å². The molecule has 4 heteroatoms. The highest BCUT2D eigenvalue weighted by Crippen LogP contribution is 2.18. The Bertz CT molecular complexity index is 448. The fraction of sp³-hybridized carbons (Fsp3) is 0.588. The maximum atomic E-state index is 8.73. The van der Waals surface area contributed by atoms with Gasteiger partial charge in [0.1, 0.15) is 12.4 Å². The quantitative estimate of drug-likeness (QED) is 0.748. The second-order valence-corrected chi connectivity index (χ2v) is 5.66. The zero-order valence-corrected chi connectivity index (χ0v) is 12.9. The van der Waals surface area contributed by atoms with Crippen molar-refractivity contribution in [3.63, 3.8) is 0 Å². The summed E-state index contributed by atoms with van der Waals surface area (Å²) >= 11 is 0.